The highest BCUT2D eigenvalue weighted by Crippen LogP contribution is 2.32. The van der Waals surface area contributed by atoms with Crippen molar-refractivity contribution in [2.45, 2.75) is 45.2 Å². The Morgan fingerprint density at radius 3 is 2.74 bits per heavy atom. The summed E-state index contributed by atoms with van der Waals surface area (Å²) < 4.78 is 0. The normalized spacial score (nSPS) is 22.6. The zero-order chi connectivity index (χ0) is 13.6. The Bertz CT molecular complexity index is 526. The lowest BCUT2D eigenvalue weighted by Gasteiger charge is -2.33. The molecule has 2 heterocycles. The van der Waals surface area contributed by atoms with E-state index in [1.54, 1.807) is 0 Å². The van der Waals surface area contributed by atoms with Gasteiger partial charge in [0.25, 0.3) is 0 Å². The van der Waals surface area contributed by atoms with Gasteiger partial charge in [-0.3, -0.25) is 4.79 Å². The van der Waals surface area contributed by atoms with Gasteiger partial charge in [0, 0.05) is 13.1 Å². The number of hydrogen-bond donors (Lipinski definition) is 2. The summed E-state index contributed by atoms with van der Waals surface area (Å²) in [5.74, 6) is 1.44. The summed E-state index contributed by atoms with van der Waals surface area (Å²) in [5, 5.41) is 6.24. The SMILES string of the molecule is Cc1nc(NC2CCC2)nc2c1NC(=O)[C@H](C)N2C. The van der Waals surface area contributed by atoms with E-state index < -0.39 is 0 Å². The molecule has 1 aliphatic carbocycles. The number of aryl methyl sites for hydroxylation is 1. The molecule has 1 aromatic rings. The molecule has 6 heteroatoms. The van der Waals surface area contributed by atoms with Gasteiger partial charge in [-0.1, -0.05) is 0 Å². The smallest absolute Gasteiger partial charge is 0.246 e. The maximum Gasteiger partial charge on any atom is 0.246 e. The molecule has 2 N–H and O–H groups in total. The van der Waals surface area contributed by atoms with Crippen LogP contribution in [-0.2, 0) is 4.79 Å². The molecular formula is C13H19N5O. The van der Waals surface area contributed by atoms with Crippen molar-refractivity contribution in [2.24, 2.45) is 0 Å². The number of carbonyl (C=O) groups is 1. The van der Waals surface area contributed by atoms with Crippen LogP contribution in [0.2, 0.25) is 0 Å². The van der Waals surface area contributed by atoms with Crippen molar-refractivity contribution in [3.8, 4) is 0 Å². The molecule has 0 bridgehead atoms. The van der Waals surface area contributed by atoms with Gasteiger partial charge in [0.2, 0.25) is 11.9 Å². The van der Waals surface area contributed by atoms with E-state index >= 15 is 0 Å². The van der Waals surface area contributed by atoms with Crippen molar-refractivity contribution in [1.29, 1.82) is 0 Å². The number of nitrogens with zero attached hydrogens (tertiary/aromatic N) is 3. The number of rotatable bonds is 2. The highest BCUT2D eigenvalue weighted by Gasteiger charge is 2.30. The quantitative estimate of drug-likeness (QED) is 0.844. The Hall–Kier alpha value is -1.85. The van der Waals surface area contributed by atoms with E-state index in [1.807, 2.05) is 25.8 Å². The summed E-state index contributed by atoms with van der Waals surface area (Å²) in [6.07, 6.45) is 3.64. The van der Waals surface area contributed by atoms with E-state index in [0.717, 1.165) is 17.2 Å². The maximum absolute atomic E-state index is 11.8. The number of fused-ring (bicyclic) bond motifs is 1. The Morgan fingerprint density at radius 2 is 2.11 bits per heavy atom. The molecule has 0 saturated heterocycles. The van der Waals surface area contributed by atoms with Crippen LogP contribution in [0.5, 0.6) is 0 Å². The molecule has 0 unspecified atom stereocenters. The third-order valence-electron chi connectivity index (χ3n) is 4.05. The Labute approximate surface area is 112 Å². The van der Waals surface area contributed by atoms with Gasteiger partial charge >= 0.3 is 0 Å². The highest BCUT2D eigenvalue weighted by atomic mass is 16.2. The number of aromatic nitrogens is 2. The molecule has 1 fully saturated rings. The van der Waals surface area contributed by atoms with Crippen molar-refractivity contribution in [2.75, 3.05) is 22.6 Å². The van der Waals surface area contributed by atoms with Gasteiger partial charge in [0.05, 0.1) is 5.69 Å². The van der Waals surface area contributed by atoms with Crippen LogP contribution >= 0.6 is 0 Å². The predicted molar refractivity (Wildman–Crippen MR) is 74.5 cm³/mol. The van der Waals surface area contributed by atoms with E-state index in [9.17, 15) is 4.79 Å². The molecule has 1 atom stereocenters. The molecule has 2 aliphatic rings. The average molecular weight is 261 g/mol. The molecule has 6 nitrogen and oxygen atoms in total. The maximum atomic E-state index is 11.8. The fourth-order valence-corrected chi connectivity index (χ4v) is 2.35. The summed E-state index contributed by atoms with van der Waals surface area (Å²) in [5.41, 5.74) is 1.53. The lowest BCUT2D eigenvalue weighted by Crippen LogP contribution is -2.45. The fraction of sp³-hybridized carbons (Fsp3) is 0.615. The summed E-state index contributed by atoms with van der Waals surface area (Å²) in [6, 6.07) is 0.289. The number of carbonyl (C=O) groups excluding carboxylic acids is 1. The molecule has 1 saturated carbocycles. The van der Waals surface area contributed by atoms with Crippen LogP contribution in [0.4, 0.5) is 17.5 Å². The lowest BCUT2D eigenvalue weighted by molar-refractivity contribution is -0.117. The van der Waals surface area contributed by atoms with Crippen molar-refractivity contribution in [1.82, 2.24) is 9.97 Å². The molecule has 0 spiro atoms. The summed E-state index contributed by atoms with van der Waals surface area (Å²) in [7, 11) is 1.89. The molecule has 0 aromatic carbocycles. The molecule has 0 radical (unpaired) electrons. The second-order valence-corrected chi connectivity index (χ2v) is 5.38. The topological polar surface area (TPSA) is 70.1 Å². The van der Waals surface area contributed by atoms with Gasteiger partial charge in [0.15, 0.2) is 5.82 Å². The second kappa shape index (κ2) is 4.36. The zero-order valence-electron chi connectivity index (χ0n) is 11.5. The molecular weight excluding hydrogens is 242 g/mol. The van der Waals surface area contributed by atoms with E-state index in [0.29, 0.717) is 12.0 Å². The van der Waals surface area contributed by atoms with Gasteiger partial charge in [0.1, 0.15) is 11.7 Å². The summed E-state index contributed by atoms with van der Waals surface area (Å²) >= 11 is 0. The highest BCUT2D eigenvalue weighted by molar-refractivity contribution is 6.03. The number of nitrogens with one attached hydrogen (secondary N) is 2. The van der Waals surface area contributed by atoms with Crippen molar-refractivity contribution in [3.63, 3.8) is 0 Å². The van der Waals surface area contributed by atoms with Crippen LogP contribution < -0.4 is 15.5 Å². The third kappa shape index (κ3) is 2.01. The first-order chi connectivity index (χ1) is 9.06. The first kappa shape index (κ1) is 12.2. The van der Waals surface area contributed by atoms with Gasteiger partial charge in [-0.25, -0.2) is 4.98 Å². The Balaban J connectivity index is 1.95. The largest absolute Gasteiger partial charge is 0.351 e. The molecule has 3 rings (SSSR count). The van der Waals surface area contributed by atoms with Crippen molar-refractivity contribution < 1.29 is 4.79 Å². The van der Waals surface area contributed by atoms with Gasteiger partial charge in [-0.05, 0) is 33.1 Å². The predicted octanol–water partition coefficient (Wildman–Crippen LogP) is 1.53. The summed E-state index contributed by atoms with van der Waals surface area (Å²) in [6.45, 7) is 3.77. The Morgan fingerprint density at radius 1 is 1.37 bits per heavy atom. The number of likely N-dealkylation sites (N-methyl/N-ethyl adjacent to an activating group) is 1. The van der Waals surface area contributed by atoms with Gasteiger partial charge in [-0.2, -0.15) is 4.98 Å². The number of anilines is 3. The van der Waals surface area contributed by atoms with Crippen LogP contribution in [0.3, 0.4) is 0 Å². The monoisotopic (exact) mass is 261 g/mol. The molecule has 102 valence electrons. The Kier molecular flexibility index (Phi) is 2.80. The minimum absolute atomic E-state index is 0.0126. The second-order valence-electron chi connectivity index (χ2n) is 5.38. The average Bonchev–Trinajstić information content (AvgIpc) is 2.33. The zero-order valence-corrected chi connectivity index (χ0v) is 11.5. The van der Waals surface area contributed by atoms with E-state index in [1.165, 1.54) is 19.3 Å². The van der Waals surface area contributed by atoms with Crippen molar-refractivity contribution in [3.05, 3.63) is 5.69 Å². The first-order valence-corrected chi connectivity index (χ1v) is 6.75. The van der Waals surface area contributed by atoms with Crippen LogP contribution in [-0.4, -0.2) is 35.0 Å². The third-order valence-corrected chi connectivity index (χ3v) is 4.05. The fourth-order valence-electron chi connectivity index (χ4n) is 2.35. The van der Waals surface area contributed by atoms with E-state index in [4.69, 9.17) is 0 Å². The minimum atomic E-state index is -0.210. The van der Waals surface area contributed by atoms with E-state index in [-0.39, 0.29) is 11.9 Å². The van der Waals surface area contributed by atoms with Crippen LogP contribution in [0.25, 0.3) is 0 Å². The molecule has 1 aromatic heterocycles. The molecule has 1 aliphatic heterocycles. The van der Waals surface area contributed by atoms with E-state index in [2.05, 4.69) is 20.6 Å². The standard InChI is InChI=1S/C13H19N5O/c1-7-10-11(18(3)8(2)12(19)16-10)17-13(14-7)15-9-5-4-6-9/h8-9H,4-6H2,1-3H3,(H,16,19)(H,14,15,17)/t8-/m0/s1. The van der Waals surface area contributed by atoms with Crippen LogP contribution in [0.15, 0.2) is 0 Å². The van der Waals surface area contributed by atoms with Gasteiger partial charge < -0.3 is 15.5 Å². The minimum Gasteiger partial charge on any atom is -0.351 e. The first-order valence-electron chi connectivity index (χ1n) is 6.75. The summed E-state index contributed by atoms with van der Waals surface area (Å²) in [4.78, 5) is 22.7. The molecule has 1 amide bonds. The molecule has 19 heavy (non-hydrogen) atoms. The number of hydrogen-bond acceptors (Lipinski definition) is 5. The van der Waals surface area contributed by atoms with Gasteiger partial charge in [-0.15, -0.1) is 0 Å². The van der Waals surface area contributed by atoms with Crippen molar-refractivity contribution >= 4 is 23.4 Å². The van der Waals surface area contributed by atoms with Crippen LogP contribution in [0, 0.1) is 6.92 Å². The van der Waals surface area contributed by atoms with Crippen LogP contribution in [0.1, 0.15) is 31.9 Å². The number of amides is 1. The lowest BCUT2D eigenvalue weighted by atomic mass is 9.93.